The normalized spacial score (nSPS) is 11.6. The second kappa shape index (κ2) is 5.30. The van der Waals surface area contributed by atoms with Gasteiger partial charge < -0.3 is 0 Å². The van der Waals surface area contributed by atoms with Crippen LogP contribution in [0.5, 0.6) is 0 Å². The van der Waals surface area contributed by atoms with Crippen molar-refractivity contribution in [2.75, 3.05) is 0 Å². The summed E-state index contributed by atoms with van der Waals surface area (Å²) in [5.41, 5.74) is 4.51. The van der Waals surface area contributed by atoms with Gasteiger partial charge in [-0.3, -0.25) is 0 Å². The Balaban J connectivity index is 2.46. The van der Waals surface area contributed by atoms with Crippen LogP contribution in [0.25, 0.3) is 11.3 Å². The lowest BCUT2D eigenvalue weighted by Crippen LogP contribution is -2.10. The topological polar surface area (TPSA) is 25.8 Å². The molecular formula is C16H19ClN2. The van der Waals surface area contributed by atoms with Crippen molar-refractivity contribution in [3.05, 3.63) is 46.9 Å². The molecule has 0 saturated heterocycles. The highest BCUT2D eigenvalue weighted by Gasteiger charge is 2.14. The lowest BCUT2D eigenvalue weighted by Gasteiger charge is -2.19. The second-order valence-corrected chi connectivity index (χ2v) is 6.03. The van der Waals surface area contributed by atoms with Gasteiger partial charge in [0.2, 0.25) is 0 Å². The van der Waals surface area contributed by atoms with E-state index in [0.29, 0.717) is 5.15 Å². The molecule has 0 aliphatic heterocycles. The lowest BCUT2D eigenvalue weighted by molar-refractivity contribution is 0.590. The van der Waals surface area contributed by atoms with Gasteiger partial charge in [-0.1, -0.05) is 63.6 Å². The molecule has 0 radical (unpaired) electrons. The maximum absolute atomic E-state index is 6.13. The number of hydrogen-bond donors (Lipinski definition) is 0. The summed E-state index contributed by atoms with van der Waals surface area (Å²) >= 11 is 6.13. The van der Waals surface area contributed by atoms with Crippen molar-refractivity contribution >= 4 is 11.6 Å². The van der Waals surface area contributed by atoms with Crippen molar-refractivity contribution in [2.45, 2.75) is 39.5 Å². The van der Waals surface area contributed by atoms with Gasteiger partial charge in [-0.25, -0.2) is 9.97 Å². The standard InChI is InChI=1S/C16H19ClN2/c1-5-13-14(18-10-19-15(13)17)11-6-8-12(9-7-11)16(2,3)4/h6-10H,5H2,1-4H3. The quantitative estimate of drug-likeness (QED) is 0.745. The maximum atomic E-state index is 6.13. The fourth-order valence-electron chi connectivity index (χ4n) is 2.08. The molecule has 0 saturated carbocycles. The molecule has 3 heteroatoms. The minimum Gasteiger partial charge on any atom is -0.236 e. The zero-order valence-corrected chi connectivity index (χ0v) is 12.6. The van der Waals surface area contributed by atoms with Crippen LogP contribution in [0.2, 0.25) is 5.15 Å². The Bertz CT molecular complexity index is 568. The Kier molecular flexibility index (Phi) is 3.91. The highest BCUT2D eigenvalue weighted by molar-refractivity contribution is 6.30. The minimum atomic E-state index is 0.162. The largest absolute Gasteiger partial charge is 0.236 e. The monoisotopic (exact) mass is 274 g/mol. The Labute approximate surface area is 119 Å². The minimum absolute atomic E-state index is 0.162. The Morgan fingerprint density at radius 2 is 1.68 bits per heavy atom. The number of nitrogens with zero attached hydrogens (tertiary/aromatic N) is 2. The van der Waals surface area contributed by atoms with Crippen LogP contribution in [0.15, 0.2) is 30.6 Å². The molecule has 1 heterocycles. The van der Waals surface area contributed by atoms with E-state index in [0.717, 1.165) is 23.2 Å². The molecule has 0 N–H and O–H groups in total. The van der Waals surface area contributed by atoms with E-state index in [-0.39, 0.29) is 5.41 Å². The van der Waals surface area contributed by atoms with Crippen LogP contribution in [0.3, 0.4) is 0 Å². The van der Waals surface area contributed by atoms with Gasteiger partial charge in [0.15, 0.2) is 0 Å². The lowest BCUT2D eigenvalue weighted by atomic mass is 9.86. The smallest absolute Gasteiger partial charge is 0.136 e. The molecule has 0 atom stereocenters. The highest BCUT2D eigenvalue weighted by Crippen LogP contribution is 2.28. The third kappa shape index (κ3) is 2.95. The molecule has 100 valence electrons. The van der Waals surface area contributed by atoms with Gasteiger partial charge in [-0.2, -0.15) is 0 Å². The van der Waals surface area contributed by atoms with Crippen LogP contribution in [-0.4, -0.2) is 9.97 Å². The Hall–Kier alpha value is -1.41. The van der Waals surface area contributed by atoms with Crippen LogP contribution >= 0.6 is 11.6 Å². The van der Waals surface area contributed by atoms with E-state index in [1.165, 1.54) is 11.9 Å². The molecule has 0 fully saturated rings. The van der Waals surface area contributed by atoms with Crippen molar-refractivity contribution in [3.8, 4) is 11.3 Å². The van der Waals surface area contributed by atoms with Crippen molar-refractivity contribution in [1.82, 2.24) is 9.97 Å². The molecule has 2 aromatic rings. The van der Waals surface area contributed by atoms with Crippen molar-refractivity contribution in [1.29, 1.82) is 0 Å². The zero-order chi connectivity index (χ0) is 14.0. The average Bonchev–Trinajstić information content (AvgIpc) is 2.37. The fourth-order valence-corrected chi connectivity index (χ4v) is 2.35. The predicted octanol–water partition coefficient (Wildman–Crippen LogP) is 4.66. The van der Waals surface area contributed by atoms with Crippen LogP contribution in [-0.2, 0) is 11.8 Å². The van der Waals surface area contributed by atoms with E-state index in [9.17, 15) is 0 Å². The Morgan fingerprint density at radius 3 is 2.21 bits per heavy atom. The van der Waals surface area contributed by atoms with Crippen LogP contribution in [0.4, 0.5) is 0 Å². The first kappa shape index (κ1) is 14.0. The van der Waals surface area contributed by atoms with Crippen LogP contribution in [0.1, 0.15) is 38.8 Å². The van der Waals surface area contributed by atoms with Gasteiger partial charge in [0, 0.05) is 11.1 Å². The van der Waals surface area contributed by atoms with Crippen molar-refractivity contribution < 1.29 is 0 Å². The number of rotatable bonds is 2. The zero-order valence-electron chi connectivity index (χ0n) is 11.9. The fraction of sp³-hybridized carbons (Fsp3) is 0.375. The molecule has 0 aliphatic rings. The summed E-state index contributed by atoms with van der Waals surface area (Å²) in [6.07, 6.45) is 2.35. The predicted molar refractivity (Wildman–Crippen MR) is 80.6 cm³/mol. The summed E-state index contributed by atoms with van der Waals surface area (Å²) < 4.78 is 0. The molecule has 1 aromatic heterocycles. The molecule has 0 amide bonds. The van der Waals surface area contributed by atoms with Crippen molar-refractivity contribution in [3.63, 3.8) is 0 Å². The molecule has 2 nitrogen and oxygen atoms in total. The van der Waals surface area contributed by atoms with Crippen molar-refractivity contribution in [2.24, 2.45) is 0 Å². The van der Waals surface area contributed by atoms with Crippen LogP contribution in [0, 0.1) is 0 Å². The van der Waals surface area contributed by atoms with Gasteiger partial charge in [0.1, 0.15) is 11.5 Å². The third-order valence-corrected chi connectivity index (χ3v) is 3.60. The summed E-state index contributed by atoms with van der Waals surface area (Å²) in [5, 5.41) is 0.549. The molecule has 2 rings (SSSR count). The molecule has 19 heavy (non-hydrogen) atoms. The van der Waals surface area contributed by atoms with E-state index in [2.05, 4.69) is 61.9 Å². The maximum Gasteiger partial charge on any atom is 0.136 e. The summed E-state index contributed by atoms with van der Waals surface area (Å²) in [6.45, 7) is 8.70. The van der Waals surface area contributed by atoms with Gasteiger partial charge in [-0.05, 0) is 17.4 Å². The van der Waals surface area contributed by atoms with Gasteiger partial charge in [-0.15, -0.1) is 0 Å². The van der Waals surface area contributed by atoms with Gasteiger partial charge in [0.05, 0.1) is 5.69 Å². The van der Waals surface area contributed by atoms with E-state index in [4.69, 9.17) is 11.6 Å². The number of benzene rings is 1. The molecular weight excluding hydrogens is 256 g/mol. The average molecular weight is 275 g/mol. The first-order chi connectivity index (χ1) is 8.93. The van der Waals surface area contributed by atoms with E-state index in [1.807, 2.05) is 0 Å². The van der Waals surface area contributed by atoms with E-state index >= 15 is 0 Å². The second-order valence-electron chi connectivity index (χ2n) is 5.67. The number of halogens is 1. The third-order valence-electron chi connectivity index (χ3n) is 3.27. The summed E-state index contributed by atoms with van der Waals surface area (Å²) in [4.78, 5) is 8.42. The first-order valence-electron chi connectivity index (χ1n) is 6.53. The summed E-state index contributed by atoms with van der Waals surface area (Å²) in [5.74, 6) is 0. The summed E-state index contributed by atoms with van der Waals surface area (Å²) in [6, 6.07) is 8.53. The molecule has 0 aliphatic carbocycles. The number of hydrogen-bond acceptors (Lipinski definition) is 2. The first-order valence-corrected chi connectivity index (χ1v) is 6.91. The van der Waals surface area contributed by atoms with E-state index < -0.39 is 0 Å². The number of aromatic nitrogens is 2. The summed E-state index contributed by atoms with van der Waals surface area (Å²) in [7, 11) is 0. The Morgan fingerprint density at radius 1 is 1.05 bits per heavy atom. The van der Waals surface area contributed by atoms with Crippen LogP contribution < -0.4 is 0 Å². The molecule has 1 aromatic carbocycles. The molecule has 0 unspecified atom stereocenters. The van der Waals surface area contributed by atoms with Gasteiger partial charge in [0.25, 0.3) is 0 Å². The van der Waals surface area contributed by atoms with E-state index in [1.54, 1.807) is 0 Å². The molecule has 0 spiro atoms. The van der Waals surface area contributed by atoms with Gasteiger partial charge >= 0.3 is 0 Å². The molecule has 0 bridgehead atoms. The SMILES string of the molecule is CCc1c(Cl)ncnc1-c1ccc(C(C)(C)C)cc1. The highest BCUT2D eigenvalue weighted by atomic mass is 35.5.